The summed E-state index contributed by atoms with van der Waals surface area (Å²) < 4.78 is 19.5. The van der Waals surface area contributed by atoms with Gasteiger partial charge in [-0.1, -0.05) is 29.8 Å². The first-order chi connectivity index (χ1) is 28.3. The maximum atomic E-state index is 13.4. The molecule has 5 amide bonds. The van der Waals surface area contributed by atoms with Crippen LogP contribution in [0.2, 0.25) is 5.02 Å². The number of aromatic nitrogens is 2. The Morgan fingerprint density at radius 2 is 1.76 bits per heavy atom. The van der Waals surface area contributed by atoms with Gasteiger partial charge in [-0.25, -0.2) is 9.19 Å². The lowest BCUT2D eigenvalue weighted by Crippen LogP contribution is -2.72. The average Bonchev–Trinajstić information content (AvgIpc) is 3.44. The number of imide groups is 2. The van der Waals surface area contributed by atoms with Crippen molar-refractivity contribution in [2.24, 2.45) is 5.41 Å². The predicted molar refractivity (Wildman–Crippen MR) is 223 cm³/mol. The topological polar surface area (TPSA) is 199 Å². The quantitative estimate of drug-likeness (QED) is 0.142. The minimum atomic E-state index is -1.24. The summed E-state index contributed by atoms with van der Waals surface area (Å²) in [5.41, 5.74) is 3.56. The SMILES string of the molecule is COc1cc(N2CC3(CN(CCC(=O)Nc4cccc5c4C(=O)N(C4CCC(=O)NC4=O)C5=O)C3)C2)ccc1Nc1ncc(Cl)c(Nc2ccccc2N(C)S(C)=O)n1. The molecule has 2 unspecified atom stereocenters. The Balaban J connectivity index is 0.830. The molecule has 4 aromatic rings. The third-order valence-electron chi connectivity index (χ3n) is 11.0. The lowest BCUT2D eigenvalue weighted by Gasteiger charge is -2.61. The van der Waals surface area contributed by atoms with Crippen LogP contribution < -0.4 is 35.2 Å². The number of likely N-dealkylation sites (tertiary alicyclic amines) is 1. The Hall–Kier alpha value is -6.11. The maximum Gasteiger partial charge on any atom is 0.264 e. The molecule has 2 atom stereocenters. The summed E-state index contributed by atoms with van der Waals surface area (Å²) in [6.45, 7) is 3.89. The van der Waals surface area contributed by atoms with E-state index in [9.17, 15) is 28.2 Å². The minimum Gasteiger partial charge on any atom is -0.494 e. The van der Waals surface area contributed by atoms with Gasteiger partial charge in [0, 0.05) is 76.0 Å². The molecule has 59 heavy (non-hydrogen) atoms. The van der Waals surface area contributed by atoms with Gasteiger partial charge in [0.1, 0.15) is 27.8 Å². The summed E-state index contributed by atoms with van der Waals surface area (Å²) in [5.74, 6) is -1.46. The number of methoxy groups -OCH3 is 1. The van der Waals surface area contributed by atoms with Crippen LogP contribution >= 0.6 is 11.6 Å². The highest BCUT2D eigenvalue weighted by atomic mass is 35.5. The number of carbonyl (C=O) groups excluding carboxylic acids is 5. The van der Waals surface area contributed by atoms with Crippen LogP contribution in [0.25, 0.3) is 0 Å². The van der Waals surface area contributed by atoms with Gasteiger partial charge in [-0.15, -0.1) is 0 Å². The number of nitrogens with zero attached hydrogens (tertiary/aromatic N) is 6. The summed E-state index contributed by atoms with van der Waals surface area (Å²) >= 11 is 6.47. The van der Waals surface area contributed by atoms with E-state index in [-0.39, 0.29) is 47.4 Å². The van der Waals surface area contributed by atoms with Crippen molar-refractivity contribution in [1.29, 1.82) is 0 Å². The standard InChI is InChI=1S/C40H41ClN10O7S/c1-48(59(3)57)29-10-5-4-8-26(29)44-35-25(41)18-42-39(47-35)45-27-12-11-23(17-31(27)58-2)50-21-40(22-50)19-49(20-40)16-15-33(53)43-28-9-6-7-24-34(28)38(56)51(37(24)55)30-13-14-32(52)46-36(30)54/h4-12,17-18,30H,13-16,19-22H2,1-3H3,(H,43,53)(H,46,52,54)(H2,42,44,45,47). The van der Waals surface area contributed by atoms with E-state index >= 15 is 0 Å². The third kappa shape index (κ3) is 7.77. The molecule has 306 valence electrons. The van der Waals surface area contributed by atoms with Crippen molar-refractivity contribution in [1.82, 2.24) is 25.1 Å². The van der Waals surface area contributed by atoms with E-state index in [2.05, 4.69) is 41.0 Å². The number of anilines is 7. The lowest BCUT2D eigenvalue weighted by molar-refractivity contribution is -0.136. The fourth-order valence-electron chi connectivity index (χ4n) is 8.03. The Morgan fingerprint density at radius 1 is 1.00 bits per heavy atom. The molecular formula is C40H41ClN10O7S. The Kier molecular flexibility index (Phi) is 10.7. The van der Waals surface area contributed by atoms with Crippen LogP contribution in [0.4, 0.5) is 40.2 Å². The van der Waals surface area contributed by atoms with Gasteiger partial charge in [0.05, 0.1) is 47.2 Å². The molecule has 5 heterocycles. The zero-order chi connectivity index (χ0) is 41.6. The van der Waals surface area contributed by atoms with Crippen molar-refractivity contribution in [2.75, 3.05) is 78.3 Å². The molecule has 1 spiro atoms. The van der Waals surface area contributed by atoms with E-state index in [1.54, 1.807) is 36.9 Å². The highest BCUT2D eigenvalue weighted by Gasteiger charge is 2.51. The molecule has 8 rings (SSSR count). The van der Waals surface area contributed by atoms with E-state index in [1.165, 1.54) is 12.3 Å². The first kappa shape index (κ1) is 39.7. The van der Waals surface area contributed by atoms with Gasteiger partial charge in [0.15, 0.2) is 5.82 Å². The molecule has 1 aromatic heterocycles. The van der Waals surface area contributed by atoms with Crippen LogP contribution in [0.1, 0.15) is 40.0 Å². The lowest BCUT2D eigenvalue weighted by atomic mass is 9.72. The van der Waals surface area contributed by atoms with Crippen LogP contribution in [-0.4, -0.2) is 113 Å². The molecule has 4 aliphatic heterocycles. The molecule has 0 radical (unpaired) electrons. The normalized spacial score (nSPS) is 18.7. The number of fused-ring (bicyclic) bond motifs is 1. The van der Waals surface area contributed by atoms with Crippen LogP contribution in [-0.2, 0) is 25.4 Å². The van der Waals surface area contributed by atoms with Gasteiger partial charge in [-0.3, -0.25) is 38.5 Å². The number of nitrogens with one attached hydrogen (secondary N) is 4. The highest BCUT2D eigenvalue weighted by Crippen LogP contribution is 2.44. The van der Waals surface area contributed by atoms with E-state index < -0.39 is 40.7 Å². The fourth-order valence-corrected chi connectivity index (χ4v) is 8.61. The van der Waals surface area contributed by atoms with Crippen molar-refractivity contribution >= 4 is 92.3 Å². The van der Waals surface area contributed by atoms with Crippen molar-refractivity contribution < 1.29 is 32.9 Å². The summed E-state index contributed by atoms with van der Waals surface area (Å²) in [4.78, 5) is 78.0. The van der Waals surface area contributed by atoms with Crippen LogP contribution in [0.3, 0.4) is 0 Å². The molecule has 3 fully saturated rings. The molecule has 3 aromatic carbocycles. The van der Waals surface area contributed by atoms with E-state index in [0.717, 1.165) is 42.5 Å². The third-order valence-corrected chi connectivity index (χ3v) is 12.2. The number of halogens is 1. The number of para-hydroxylation sites is 2. The molecule has 19 heteroatoms. The minimum absolute atomic E-state index is 0.0209. The Labute approximate surface area is 347 Å². The smallest absolute Gasteiger partial charge is 0.264 e. The molecular weight excluding hydrogens is 800 g/mol. The summed E-state index contributed by atoms with van der Waals surface area (Å²) in [6, 6.07) is 16.9. The maximum absolute atomic E-state index is 13.4. The summed E-state index contributed by atoms with van der Waals surface area (Å²) in [6.07, 6.45) is 3.36. The average molecular weight is 841 g/mol. The second-order valence-electron chi connectivity index (χ2n) is 15.0. The van der Waals surface area contributed by atoms with Crippen molar-refractivity contribution in [3.63, 3.8) is 0 Å². The first-order valence-electron chi connectivity index (χ1n) is 18.9. The molecule has 0 bridgehead atoms. The van der Waals surface area contributed by atoms with Crippen LogP contribution in [0.5, 0.6) is 5.75 Å². The number of hydrogen-bond acceptors (Lipinski definition) is 13. The van der Waals surface area contributed by atoms with E-state index in [4.69, 9.17) is 16.3 Å². The number of benzene rings is 3. The monoisotopic (exact) mass is 840 g/mol. The largest absolute Gasteiger partial charge is 0.494 e. The van der Waals surface area contributed by atoms with E-state index in [1.807, 2.05) is 42.5 Å². The number of carbonyl (C=O) groups is 5. The molecule has 3 saturated heterocycles. The van der Waals surface area contributed by atoms with Gasteiger partial charge < -0.3 is 30.5 Å². The molecule has 4 N–H and O–H groups in total. The molecule has 17 nitrogen and oxygen atoms in total. The second-order valence-corrected chi connectivity index (χ2v) is 16.8. The van der Waals surface area contributed by atoms with Gasteiger partial charge in [-0.05, 0) is 42.8 Å². The Morgan fingerprint density at radius 3 is 2.51 bits per heavy atom. The fraction of sp³-hybridized carbons (Fsp3) is 0.325. The zero-order valence-corrected chi connectivity index (χ0v) is 34.0. The van der Waals surface area contributed by atoms with Gasteiger partial charge in [-0.2, -0.15) is 4.98 Å². The summed E-state index contributed by atoms with van der Waals surface area (Å²) in [5, 5.41) is 11.8. The van der Waals surface area contributed by atoms with Crippen molar-refractivity contribution in [2.45, 2.75) is 25.3 Å². The number of amides is 5. The number of ether oxygens (including phenoxy) is 1. The molecule has 0 saturated carbocycles. The van der Waals surface area contributed by atoms with Crippen LogP contribution in [0, 0.1) is 5.41 Å². The van der Waals surface area contributed by atoms with Gasteiger partial charge >= 0.3 is 0 Å². The zero-order valence-electron chi connectivity index (χ0n) is 32.4. The van der Waals surface area contributed by atoms with Gasteiger partial charge in [0.25, 0.3) is 11.8 Å². The van der Waals surface area contributed by atoms with Crippen molar-refractivity contribution in [3.05, 3.63) is 83.0 Å². The number of rotatable bonds is 13. The van der Waals surface area contributed by atoms with Crippen molar-refractivity contribution in [3.8, 4) is 5.75 Å². The summed E-state index contributed by atoms with van der Waals surface area (Å²) in [7, 11) is 2.10. The number of piperidine rings is 1. The second kappa shape index (κ2) is 15.9. The first-order valence-corrected chi connectivity index (χ1v) is 20.7. The van der Waals surface area contributed by atoms with E-state index in [0.29, 0.717) is 40.5 Å². The Bertz CT molecular complexity index is 2420. The molecule has 4 aliphatic rings. The predicted octanol–water partition coefficient (Wildman–Crippen LogP) is 3.91. The number of hydrogen-bond donors (Lipinski definition) is 4. The highest BCUT2D eigenvalue weighted by molar-refractivity contribution is 7.85. The molecule has 0 aliphatic carbocycles. The van der Waals surface area contributed by atoms with Crippen LogP contribution in [0.15, 0.2) is 66.9 Å². The van der Waals surface area contributed by atoms with Gasteiger partial charge in [0.2, 0.25) is 23.7 Å².